The minimum Gasteiger partial charge on any atom is -0.480 e. The summed E-state index contributed by atoms with van der Waals surface area (Å²) < 4.78 is 27.7. The summed E-state index contributed by atoms with van der Waals surface area (Å²) in [6, 6.07) is 5.69. The maximum Gasteiger partial charge on any atom is 0.323 e. The van der Waals surface area contributed by atoms with Gasteiger partial charge in [0.2, 0.25) is 10.0 Å². The molecule has 0 heterocycles. The highest BCUT2D eigenvalue weighted by atomic mass is 32.2. The molecule has 0 saturated heterocycles. The molecule has 0 unspecified atom stereocenters. The number of hydrogen-bond donors (Lipinski definition) is 2. The second kappa shape index (κ2) is 7.13. The number of hydrogen-bond acceptors (Lipinski definition) is 4. The highest BCUT2D eigenvalue weighted by molar-refractivity contribution is 7.89. The van der Waals surface area contributed by atoms with E-state index in [1.807, 2.05) is 0 Å². The lowest BCUT2D eigenvalue weighted by Gasteiger charge is -2.20. The molecule has 0 aliphatic heterocycles. The van der Waals surface area contributed by atoms with E-state index in [1.54, 1.807) is 0 Å². The molecule has 2 N–H and O–H groups in total. The molecule has 7 nitrogen and oxygen atoms in total. The molecule has 3 rings (SSSR count). The number of carbonyl (C=O) groups excluding carboxylic acids is 1. The third-order valence-electron chi connectivity index (χ3n) is 4.62. The van der Waals surface area contributed by atoms with Gasteiger partial charge in [-0.1, -0.05) is 18.9 Å². The predicted octanol–water partition coefficient (Wildman–Crippen LogP) is 1.60. The Balaban J connectivity index is 1.80. The third kappa shape index (κ3) is 4.38. The van der Waals surface area contributed by atoms with Crippen LogP contribution in [0, 0.1) is 0 Å². The Morgan fingerprint density at radius 3 is 2.44 bits per heavy atom. The zero-order valence-electron chi connectivity index (χ0n) is 13.8. The summed E-state index contributed by atoms with van der Waals surface area (Å²) in [5, 5.41) is 9.00. The van der Waals surface area contributed by atoms with Crippen molar-refractivity contribution in [2.45, 2.75) is 55.5 Å². The van der Waals surface area contributed by atoms with Crippen LogP contribution in [0.1, 0.15) is 48.9 Å². The van der Waals surface area contributed by atoms with Crippen molar-refractivity contribution in [2.24, 2.45) is 0 Å². The number of benzene rings is 1. The first-order valence-electron chi connectivity index (χ1n) is 8.52. The predicted molar refractivity (Wildman–Crippen MR) is 90.7 cm³/mol. The summed E-state index contributed by atoms with van der Waals surface area (Å²) in [4.78, 5) is 25.0. The van der Waals surface area contributed by atoms with E-state index < -0.39 is 21.9 Å². The van der Waals surface area contributed by atoms with Crippen LogP contribution in [0.4, 0.5) is 0 Å². The van der Waals surface area contributed by atoms with E-state index >= 15 is 0 Å². The van der Waals surface area contributed by atoms with Gasteiger partial charge in [-0.3, -0.25) is 9.59 Å². The van der Waals surface area contributed by atoms with Gasteiger partial charge in [0.05, 0.1) is 4.90 Å². The van der Waals surface area contributed by atoms with Gasteiger partial charge >= 0.3 is 5.97 Å². The molecule has 1 aromatic carbocycles. The fraction of sp³-hybridized carbons (Fsp3) is 0.529. The Morgan fingerprint density at radius 1 is 1.16 bits per heavy atom. The second-order valence-corrected chi connectivity index (χ2v) is 8.40. The molecule has 136 valence electrons. The van der Waals surface area contributed by atoms with E-state index in [0.29, 0.717) is 0 Å². The number of nitrogens with one attached hydrogen (secondary N) is 1. The molecule has 0 bridgehead atoms. The molecule has 25 heavy (non-hydrogen) atoms. The average molecular weight is 366 g/mol. The number of nitrogens with zero attached hydrogens (tertiary/aromatic N) is 1. The van der Waals surface area contributed by atoms with Crippen molar-refractivity contribution in [3.05, 3.63) is 29.8 Å². The first-order chi connectivity index (χ1) is 11.9. The molecule has 0 aromatic heterocycles. The standard InChI is InChI=1S/C17H22N2O5S/c20-16(21)11-19(14-8-9-14)17(22)12-4-3-7-15(10-12)25(23,24)18-13-5-1-2-6-13/h3-4,7,10,13-14,18H,1-2,5-6,8-9,11H2,(H,20,21). The molecule has 2 fully saturated rings. The zero-order valence-corrected chi connectivity index (χ0v) is 14.7. The number of sulfonamides is 1. The molecule has 0 atom stereocenters. The van der Waals surface area contributed by atoms with Crippen molar-refractivity contribution in [1.29, 1.82) is 0 Å². The summed E-state index contributed by atoms with van der Waals surface area (Å²) >= 11 is 0. The highest BCUT2D eigenvalue weighted by Crippen LogP contribution is 2.28. The monoisotopic (exact) mass is 366 g/mol. The number of aliphatic carboxylic acids is 1. The topological polar surface area (TPSA) is 104 Å². The molecule has 8 heteroatoms. The highest BCUT2D eigenvalue weighted by Gasteiger charge is 2.34. The molecular formula is C17H22N2O5S. The fourth-order valence-electron chi connectivity index (χ4n) is 3.19. The van der Waals surface area contributed by atoms with Crippen LogP contribution in [-0.4, -0.2) is 48.9 Å². The SMILES string of the molecule is O=C(O)CN(C(=O)c1cccc(S(=O)(=O)NC2CCCC2)c1)C1CC1. The van der Waals surface area contributed by atoms with Crippen LogP contribution in [-0.2, 0) is 14.8 Å². The lowest BCUT2D eigenvalue weighted by molar-refractivity contribution is -0.137. The Hall–Kier alpha value is -1.93. The summed E-state index contributed by atoms with van der Waals surface area (Å²) in [7, 11) is -3.69. The van der Waals surface area contributed by atoms with Crippen molar-refractivity contribution in [3.63, 3.8) is 0 Å². The van der Waals surface area contributed by atoms with E-state index in [0.717, 1.165) is 38.5 Å². The number of carboxylic acid groups (broad SMARTS) is 1. The smallest absolute Gasteiger partial charge is 0.323 e. The number of carbonyl (C=O) groups is 2. The molecule has 1 aromatic rings. The van der Waals surface area contributed by atoms with Crippen LogP contribution in [0.15, 0.2) is 29.2 Å². The van der Waals surface area contributed by atoms with E-state index in [9.17, 15) is 18.0 Å². The minimum absolute atomic E-state index is 0.0383. The Labute approximate surface area is 147 Å². The van der Waals surface area contributed by atoms with Crippen LogP contribution in [0.5, 0.6) is 0 Å². The zero-order chi connectivity index (χ0) is 18.0. The Bertz CT molecular complexity index is 767. The molecule has 1 amide bonds. The van der Waals surface area contributed by atoms with Crippen LogP contribution in [0.2, 0.25) is 0 Å². The quantitative estimate of drug-likeness (QED) is 0.763. The Morgan fingerprint density at radius 2 is 1.84 bits per heavy atom. The molecular weight excluding hydrogens is 344 g/mol. The van der Waals surface area contributed by atoms with Gasteiger partial charge in [0.15, 0.2) is 0 Å². The number of rotatable bonds is 7. The fourth-order valence-corrected chi connectivity index (χ4v) is 4.54. The molecule has 0 spiro atoms. The molecule has 2 aliphatic carbocycles. The maximum atomic E-state index is 12.6. The van der Waals surface area contributed by atoms with Gasteiger partial charge in [0, 0.05) is 17.6 Å². The number of carboxylic acids is 1. The van der Waals surface area contributed by atoms with Crippen LogP contribution >= 0.6 is 0 Å². The van der Waals surface area contributed by atoms with Crippen molar-refractivity contribution in [1.82, 2.24) is 9.62 Å². The van der Waals surface area contributed by atoms with Crippen molar-refractivity contribution >= 4 is 21.9 Å². The second-order valence-electron chi connectivity index (χ2n) is 6.69. The van der Waals surface area contributed by atoms with Gasteiger partial charge in [0.1, 0.15) is 6.54 Å². The van der Waals surface area contributed by atoms with Crippen LogP contribution < -0.4 is 4.72 Å². The van der Waals surface area contributed by atoms with Crippen LogP contribution in [0.3, 0.4) is 0 Å². The van der Waals surface area contributed by atoms with Gasteiger partial charge in [0.25, 0.3) is 5.91 Å². The summed E-state index contributed by atoms with van der Waals surface area (Å²) in [5.41, 5.74) is 0.197. The van der Waals surface area contributed by atoms with Gasteiger partial charge < -0.3 is 10.0 Å². The van der Waals surface area contributed by atoms with Crippen LogP contribution in [0.25, 0.3) is 0 Å². The summed E-state index contributed by atoms with van der Waals surface area (Å²) in [6.07, 6.45) is 5.23. The lowest BCUT2D eigenvalue weighted by atomic mass is 10.2. The lowest BCUT2D eigenvalue weighted by Crippen LogP contribution is -2.37. The van der Waals surface area contributed by atoms with Crippen molar-refractivity contribution in [2.75, 3.05) is 6.54 Å². The normalized spacial score (nSPS) is 18.2. The first kappa shape index (κ1) is 17.9. The maximum absolute atomic E-state index is 12.6. The van der Waals surface area contributed by atoms with E-state index in [4.69, 9.17) is 5.11 Å². The molecule has 2 saturated carbocycles. The van der Waals surface area contributed by atoms with E-state index in [1.165, 1.54) is 29.2 Å². The van der Waals surface area contributed by atoms with Crippen molar-refractivity contribution in [3.8, 4) is 0 Å². The van der Waals surface area contributed by atoms with Gasteiger partial charge in [-0.15, -0.1) is 0 Å². The minimum atomic E-state index is -3.69. The van der Waals surface area contributed by atoms with Gasteiger partial charge in [-0.05, 0) is 43.9 Å². The van der Waals surface area contributed by atoms with Crippen molar-refractivity contribution < 1.29 is 23.1 Å². The molecule has 0 radical (unpaired) electrons. The Kier molecular flexibility index (Phi) is 5.10. The third-order valence-corrected chi connectivity index (χ3v) is 6.14. The summed E-state index contributed by atoms with van der Waals surface area (Å²) in [5.74, 6) is -1.52. The largest absolute Gasteiger partial charge is 0.480 e. The first-order valence-corrected chi connectivity index (χ1v) is 10.0. The van der Waals surface area contributed by atoms with E-state index in [2.05, 4.69) is 4.72 Å². The molecule has 2 aliphatic rings. The number of amides is 1. The summed E-state index contributed by atoms with van der Waals surface area (Å²) in [6.45, 7) is -0.374. The van der Waals surface area contributed by atoms with Gasteiger partial charge in [-0.2, -0.15) is 0 Å². The van der Waals surface area contributed by atoms with E-state index in [-0.39, 0.29) is 29.1 Å². The average Bonchev–Trinajstić information content (AvgIpc) is 3.29. The van der Waals surface area contributed by atoms with Gasteiger partial charge in [-0.25, -0.2) is 13.1 Å².